The van der Waals surface area contributed by atoms with Gasteiger partial charge in [0, 0.05) is 10.0 Å². The highest BCUT2D eigenvalue weighted by Crippen LogP contribution is 2.37. The van der Waals surface area contributed by atoms with Gasteiger partial charge in [0.25, 0.3) is 0 Å². The largest absolute Gasteiger partial charge is 0.450 e. The first-order chi connectivity index (χ1) is 10.8. The molecule has 0 bridgehead atoms. The van der Waals surface area contributed by atoms with Gasteiger partial charge in [-0.1, -0.05) is 47.5 Å². The van der Waals surface area contributed by atoms with E-state index in [9.17, 15) is 18.0 Å². The number of hydrogen-bond acceptors (Lipinski definition) is 2. The van der Waals surface area contributed by atoms with E-state index in [1.165, 1.54) is 0 Å². The Morgan fingerprint density at radius 1 is 0.913 bits per heavy atom. The molecule has 0 spiro atoms. The van der Waals surface area contributed by atoms with Gasteiger partial charge in [-0.15, -0.1) is 11.8 Å². The van der Waals surface area contributed by atoms with E-state index < -0.39 is 23.0 Å². The van der Waals surface area contributed by atoms with Crippen LogP contribution in [0, 0.1) is 0 Å². The molecule has 0 N–H and O–H groups in total. The maximum absolute atomic E-state index is 12.4. The fraction of sp³-hybridized carbons (Fsp3) is 0.188. The predicted octanol–water partition coefficient (Wildman–Crippen LogP) is 5.95. The standard InChI is InChI=1S/C16H11Cl2F3OS/c17-12-5-1-10(2-6-12)15(11-3-7-13(18)8-4-11)23-9-14(22)16(19,20)21/h1-8,15H,9H2. The van der Waals surface area contributed by atoms with Crippen LogP contribution in [0.25, 0.3) is 0 Å². The lowest BCUT2D eigenvalue weighted by molar-refractivity contribution is -0.167. The number of rotatable bonds is 5. The van der Waals surface area contributed by atoms with Crippen LogP contribution in [0.1, 0.15) is 16.4 Å². The molecule has 0 amide bonds. The zero-order chi connectivity index (χ0) is 17.0. The molecule has 0 saturated heterocycles. The summed E-state index contributed by atoms with van der Waals surface area (Å²) in [5, 5.41) is 0.635. The van der Waals surface area contributed by atoms with Crippen LogP contribution in [0.5, 0.6) is 0 Å². The topological polar surface area (TPSA) is 17.1 Å². The molecule has 23 heavy (non-hydrogen) atoms. The van der Waals surface area contributed by atoms with Crippen molar-refractivity contribution in [3.63, 3.8) is 0 Å². The van der Waals surface area contributed by atoms with Gasteiger partial charge in [-0.25, -0.2) is 0 Å². The molecule has 0 heterocycles. The van der Waals surface area contributed by atoms with E-state index in [-0.39, 0.29) is 0 Å². The molecular formula is C16H11Cl2F3OS. The van der Waals surface area contributed by atoms with Gasteiger partial charge in [-0.05, 0) is 35.4 Å². The van der Waals surface area contributed by atoms with Gasteiger partial charge in [0.15, 0.2) is 0 Å². The lowest BCUT2D eigenvalue weighted by Crippen LogP contribution is -2.25. The van der Waals surface area contributed by atoms with E-state index in [0.29, 0.717) is 10.0 Å². The summed E-state index contributed by atoms with van der Waals surface area (Å²) in [4.78, 5) is 11.2. The number of benzene rings is 2. The molecular weight excluding hydrogens is 368 g/mol. The second-order valence-corrected chi connectivity index (χ2v) is 6.68. The highest BCUT2D eigenvalue weighted by molar-refractivity contribution is 8.00. The minimum absolute atomic E-state index is 0.421. The average molecular weight is 379 g/mol. The summed E-state index contributed by atoms with van der Waals surface area (Å²) in [6, 6.07) is 13.6. The molecule has 2 rings (SSSR count). The van der Waals surface area contributed by atoms with Crippen molar-refractivity contribution < 1.29 is 18.0 Å². The summed E-state index contributed by atoms with van der Waals surface area (Å²) in [6.45, 7) is 0. The molecule has 1 nitrogen and oxygen atoms in total. The molecule has 0 aliphatic carbocycles. The second-order valence-electron chi connectivity index (χ2n) is 4.72. The second kappa shape index (κ2) is 7.60. The van der Waals surface area contributed by atoms with Crippen molar-refractivity contribution in [1.29, 1.82) is 0 Å². The fourth-order valence-corrected chi connectivity index (χ4v) is 3.33. The summed E-state index contributed by atoms with van der Waals surface area (Å²) in [6.07, 6.45) is -4.82. The van der Waals surface area contributed by atoms with E-state index in [1.54, 1.807) is 48.5 Å². The van der Waals surface area contributed by atoms with Crippen molar-refractivity contribution in [3.05, 3.63) is 69.7 Å². The molecule has 0 saturated carbocycles. The number of alkyl halides is 3. The number of ketones is 1. The average Bonchev–Trinajstić information content (AvgIpc) is 2.49. The number of thioether (sulfide) groups is 1. The van der Waals surface area contributed by atoms with E-state index in [2.05, 4.69) is 0 Å². The van der Waals surface area contributed by atoms with Crippen LogP contribution in [0.4, 0.5) is 13.2 Å². The van der Waals surface area contributed by atoms with Crippen molar-refractivity contribution in [2.24, 2.45) is 0 Å². The first-order valence-electron chi connectivity index (χ1n) is 6.50. The molecule has 0 atom stereocenters. The summed E-state index contributed by atoms with van der Waals surface area (Å²) in [7, 11) is 0. The predicted molar refractivity (Wildman–Crippen MR) is 88.3 cm³/mol. The van der Waals surface area contributed by atoms with E-state index in [1.807, 2.05) is 0 Å². The maximum atomic E-state index is 12.4. The quantitative estimate of drug-likeness (QED) is 0.639. The molecule has 2 aromatic carbocycles. The summed E-state index contributed by atoms with van der Waals surface area (Å²) in [5.74, 6) is -2.41. The Morgan fingerprint density at radius 2 is 1.30 bits per heavy atom. The number of carbonyl (C=O) groups excluding carboxylic acids is 1. The van der Waals surface area contributed by atoms with Crippen LogP contribution in [-0.4, -0.2) is 17.7 Å². The van der Waals surface area contributed by atoms with E-state index in [4.69, 9.17) is 23.2 Å². The first kappa shape index (κ1) is 18.2. The molecule has 0 aliphatic rings. The lowest BCUT2D eigenvalue weighted by atomic mass is 10.0. The number of carbonyl (C=O) groups is 1. The lowest BCUT2D eigenvalue weighted by Gasteiger charge is -2.18. The number of Topliss-reactive ketones (excluding diaryl/α,β-unsaturated/α-hetero) is 1. The summed E-state index contributed by atoms with van der Waals surface area (Å²) >= 11 is 12.6. The van der Waals surface area contributed by atoms with Gasteiger partial charge in [0.2, 0.25) is 5.78 Å². The van der Waals surface area contributed by atoms with Gasteiger partial charge in [0.1, 0.15) is 0 Å². The van der Waals surface area contributed by atoms with E-state index in [0.717, 1.165) is 22.9 Å². The molecule has 0 radical (unpaired) electrons. The Morgan fingerprint density at radius 3 is 1.65 bits per heavy atom. The number of halogens is 5. The molecule has 0 aromatic heterocycles. The van der Waals surface area contributed by atoms with Crippen LogP contribution < -0.4 is 0 Å². The molecule has 7 heteroatoms. The normalized spacial score (nSPS) is 11.7. The highest BCUT2D eigenvalue weighted by atomic mass is 35.5. The first-order valence-corrected chi connectivity index (χ1v) is 8.30. The fourth-order valence-electron chi connectivity index (χ4n) is 1.90. The van der Waals surface area contributed by atoms with Crippen molar-refractivity contribution in [1.82, 2.24) is 0 Å². The van der Waals surface area contributed by atoms with Crippen molar-refractivity contribution >= 4 is 40.7 Å². The Bertz CT molecular complexity index is 624. The Kier molecular flexibility index (Phi) is 6.00. The third-order valence-corrected chi connectivity index (χ3v) is 4.85. The summed E-state index contributed by atoms with van der Waals surface area (Å²) in [5.41, 5.74) is 1.52. The summed E-state index contributed by atoms with van der Waals surface area (Å²) < 4.78 is 37.2. The van der Waals surface area contributed by atoms with Crippen LogP contribution >= 0.6 is 35.0 Å². The highest BCUT2D eigenvalue weighted by Gasteiger charge is 2.38. The molecule has 0 fully saturated rings. The zero-order valence-electron chi connectivity index (χ0n) is 11.6. The van der Waals surface area contributed by atoms with Crippen LogP contribution in [0.3, 0.4) is 0 Å². The van der Waals surface area contributed by atoms with Crippen LogP contribution in [0.2, 0.25) is 10.0 Å². The van der Waals surface area contributed by atoms with Crippen LogP contribution in [0.15, 0.2) is 48.5 Å². The molecule has 2 aromatic rings. The van der Waals surface area contributed by atoms with Gasteiger partial charge in [0.05, 0.1) is 11.0 Å². The van der Waals surface area contributed by atoms with Gasteiger partial charge in [-0.2, -0.15) is 13.2 Å². The van der Waals surface area contributed by atoms with Gasteiger partial charge < -0.3 is 0 Å². The number of hydrogen-bond donors (Lipinski definition) is 0. The monoisotopic (exact) mass is 378 g/mol. The zero-order valence-corrected chi connectivity index (χ0v) is 13.9. The third-order valence-electron chi connectivity index (χ3n) is 3.04. The van der Waals surface area contributed by atoms with Gasteiger partial charge >= 0.3 is 6.18 Å². The van der Waals surface area contributed by atoms with Crippen LogP contribution in [-0.2, 0) is 4.79 Å². The third kappa shape index (κ3) is 5.16. The minimum Gasteiger partial charge on any atom is -0.289 e. The molecule has 122 valence electrons. The minimum atomic E-state index is -4.82. The molecule has 0 unspecified atom stereocenters. The van der Waals surface area contributed by atoms with E-state index >= 15 is 0 Å². The SMILES string of the molecule is O=C(CSC(c1ccc(Cl)cc1)c1ccc(Cl)cc1)C(F)(F)F. The Hall–Kier alpha value is -1.17. The van der Waals surface area contributed by atoms with Crippen molar-refractivity contribution in [2.45, 2.75) is 11.4 Å². The Balaban J connectivity index is 2.26. The van der Waals surface area contributed by atoms with Crippen molar-refractivity contribution in [2.75, 3.05) is 5.75 Å². The maximum Gasteiger partial charge on any atom is 0.450 e. The Labute approximate surface area is 145 Å². The van der Waals surface area contributed by atoms with Gasteiger partial charge in [-0.3, -0.25) is 4.79 Å². The smallest absolute Gasteiger partial charge is 0.289 e. The van der Waals surface area contributed by atoms with Crippen molar-refractivity contribution in [3.8, 4) is 0 Å². The molecule has 0 aliphatic heterocycles.